The fourth-order valence-electron chi connectivity index (χ4n) is 1.82. The summed E-state index contributed by atoms with van der Waals surface area (Å²) < 4.78 is 5.97. The third-order valence-corrected chi connectivity index (χ3v) is 3.00. The van der Waals surface area contributed by atoms with Crippen LogP contribution in [0.1, 0.15) is 17.3 Å². The first-order valence-electron chi connectivity index (χ1n) is 5.52. The van der Waals surface area contributed by atoms with E-state index in [4.69, 9.17) is 16.3 Å². The maximum absolute atomic E-state index is 12.1. The zero-order chi connectivity index (χ0) is 14.2. The van der Waals surface area contributed by atoms with E-state index in [9.17, 15) is 14.7 Å². The van der Waals surface area contributed by atoms with Gasteiger partial charge in [0.1, 0.15) is 10.9 Å². The van der Waals surface area contributed by atoms with Crippen LogP contribution in [-0.4, -0.2) is 27.2 Å². The van der Waals surface area contributed by atoms with Gasteiger partial charge < -0.3 is 14.4 Å². The Labute approximate surface area is 113 Å². The molecule has 0 unspecified atom stereocenters. The summed E-state index contributed by atoms with van der Waals surface area (Å²) in [4.78, 5) is 27.6. The summed E-state index contributed by atoms with van der Waals surface area (Å²) in [7, 11) is 1.48. The van der Waals surface area contributed by atoms with E-state index in [2.05, 4.69) is 4.98 Å². The van der Waals surface area contributed by atoms with Gasteiger partial charge >= 0.3 is 5.97 Å². The quantitative estimate of drug-likeness (QED) is 0.666. The molecule has 7 heteroatoms. The van der Waals surface area contributed by atoms with Crippen LogP contribution in [-0.2, 0) is 11.8 Å². The molecule has 0 bridgehead atoms. The molecule has 0 amide bonds. The molecule has 2 aromatic heterocycles. The second-order valence-corrected chi connectivity index (χ2v) is 4.16. The number of pyridine rings is 2. The largest absolute Gasteiger partial charge is 0.506 e. The lowest BCUT2D eigenvalue weighted by molar-refractivity contribution is 0.0520. The average molecular weight is 283 g/mol. The van der Waals surface area contributed by atoms with Crippen LogP contribution in [0.3, 0.4) is 0 Å². The molecule has 100 valence electrons. The van der Waals surface area contributed by atoms with Gasteiger partial charge in [-0.2, -0.15) is 0 Å². The van der Waals surface area contributed by atoms with Gasteiger partial charge in [-0.05, 0) is 13.0 Å². The first-order chi connectivity index (χ1) is 8.99. The lowest BCUT2D eigenvalue weighted by Crippen LogP contribution is -2.26. The van der Waals surface area contributed by atoms with Crippen LogP contribution < -0.4 is 5.56 Å². The Morgan fingerprint density at radius 1 is 1.58 bits per heavy atom. The molecule has 0 saturated carbocycles. The van der Waals surface area contributed by atoms with Crippen molar-refractivity contribution in [2.24, 2.45) is 7.05 Å². The fraction of sp³-hybridized carbons (Fsp3) is 0.250. The molecule has 1 N–H and O–H groups in total. The predicted molar refractivity (Wildman–Crippen MR) is 69.6 cm³/mol. The molecule has 0 atom stereocenters. The Hall–Kier alpha value is -2.08. The van der Waals surface area contributed by atoms with Crippen LogP contribution in [0.15, 0.2) is 17.1 Å². The molecule has 0 spiro atoms. The van der Waals surface area contributed by atoms with Gasteiger partial charge in [0.15, 0.2) is 5.56 Å². The minimum Gasteiger partial charge on any atom is -0.506 e. The van der Waals surface area contributed by atoms with Crippen molar-refractivity contribution >= 4 is 28.5 Å². The van der Waals surface area contributed by atoms with Crippen molar-refractivity contribution in [2.75, 3.05) is 6.61 Å². The molecular weight excluding hydrogens is 272 g/mol. The van der Waals surface area contributed by atoms with E-state index in [1.165, 1.54) is 23.9 Å². The van der Waals surface area contributed by atoms with Gasteiger partial charge in [-0.15, -0.1) is 0 Å². The Kier molecular flexibility index (Phi) is 3.44. The topological polar surface area (TPSA) is 81.4 Å². The van der Waals surface area contributed by atoms with Crippen molar-refractivity contribution in [3.8, 4) is 5.75 Å². The van der Waals surface area contributed by atoms with Gasteiger partial charge in [0.05, 0.1) is 17.5 Å². The molecule has 0 aliphatic rings. The first-order valence-corrected chi connectivity index (χ1v) is 5.90. The lowest BCUT2D eigenvalue weighted by Gasteiger charge is -2.11. The lowest BCUT2D eigenvalue weighted by atomic mass is 10.1. The van der Waals surface area contributed by atoms with Crippen molar-refractivity contribution in [3.63, 3.8) is 0 Å². The molecule has 2 aromatic rings. The molecule has 2 heterocycles. The Morgan fingerprint density at radius 2 is 2.26 bits per heavy atom. The van der Waals surface area contributed by atoms with Crippen LogP contribution in [0.2, 0.25) is 5.15 Å². The molecule has 0 saturated heterocycles. The summed E-state index contributed by atoms with van der Waals surface area (Å²) in [5.74, 6) is -1.39. The van der Waals surface area contributed by atoms with Crippen molar-refractivity contribution in [1.29, 1.82) is 0 Å². The molecule has 0 radical (unpaired) electrons. The van der Waals surface area contributed by atoms with E-state index in [0.717, 1.165) is 0 Å². The third kappa shape index (κ3) is 2.04. The van der Waals surface area contributed by atoms with Crippen LogP contribution >= 0.6 is 11.6 Å². The van der Waals surface area contributed by atoms with E-state index in [0.29, 0.717) is 5.52 Å². The second kappa shape index (κ2) is 4.89. The van der Waals surface area contributed by atoms with E-state index >= 15 is 0 Å². The van der Waals surface area contributed by atoms with Gasteiger partial charge in [-0.3, -0.25) is 4.79 Å². The number of aromatic nitrogens is 2. The number of aryl methyl sites for hydroxylation is 1. The SMILES string of the molecule is CCOC(=O)c1c(O)c2c(Cl)nccc2n(C)c1=O. The Bertz CT molecular complexity index is 724. The highest BCUT2D eigenvalue weighted by Crippen LogP contribution is 2.30. The first kappa shape index (κ1) is 13.4. The maximum atomic E-state index is 12.1. The number of aromatic hydroxyl groups is 1. The summed E-state index contributed by atoms with van der Waals surface area (Å²) in [5, 5.41) is 10.3. The summed E-state index contributed by atoms with van der Waals surface area (Å²) in [6, 6.07) is 1.53. The minimum absolute atomic E-state index is 0.0103. The fourth-order valence-corrected chi connectivity index (χ4v) is 2.06. The third-order valence-electron chi connectivity index (χ3n) is 2.72. The van der Waals surface area contributed by atoms with E-state index in [1.807, 2.05) is 0 Å². The monoisotopic (exact) mass is 282 g/mol. The van der Waals surface area contributed by atoms with Crippen molar-refractivity contribution in [2.45, 2.75) is 6.92 Å². The van der Waals surface area contributed by atoms with Gasteiger partial charge in [-0.1, -0.05) is 11.6 Å². The van der Waals surface area contributed by atoms with Crippen molar-refractivity contribution in [1.82, 2.24) is 9.55 Å². The highest BCUT2D eigenvalue weighted by atomic mass is 35.5. The number of hydrogen-bond acceptors (Lipinski definition) is 5. The molecular formula is C12H11ClN2O4. The minimum atomic E-state index is -0.887. The number of carbonyl (C=O) groups is 1. The average Bonchev–Trinajstić information content (AvgIpc) is 2.36. The molecule has 2 rings (SSSR count). The van der Waals surface area contributed by atoms with Gasteiger partial charge in [0.2, 0.25) is 0 Å². The number of halogens is 1. The van der Waals surface area contributed by atoms with E-state index in [-0.39, 0.29) is 17.1 Å². The normalized spacial score (nSPS) is 10.7. The summed E-state index contributed by atoms with van der Waals surface area (Å²) in [6.45, 7) is 1.70. The Morgan fingerprint density at radius 3 is 2.89 bits per heavy atom. The number of rotatable bonds is 2. The number of fused-ring (bicyclic) bond motifs is 1. The van der Waals surface area contributed by atoms with Crippen LogP contribution in [0.5, 0.6) is 5.75 Å². The molecule has 0 aliphatic heterocycles. The standard InChI is InChI=1S/C12H11ClN2O4/c1-3-19-12(18)8-9(16)7-6(15(2)11(8)17)4-5-14-10(7)13/h4-5,16H,3H2,1-2H3. The zero-order valence-electron chi connectivity index (χ0n) is 10.3. The summed E-state index contributed by atoms with van der Waals surface area (Å²) in [6.07, 6.45) is 1.41. The van der Waals surface area contributed by atoms with Gasteiger partial charge in [-0.25, -0.2) is 9.78 Å². The summed E-state index contributed by atoms with van der Waals surface area (Å²) >= 11 is 5.90. The van der Waals surface area contributed by atoms with Crippen LogP contribution in [0, 0.1) is 0 Å². The molecule has 0 fully saturated rings. The highest BCUT2D eigenvalue weighted by Gasteiger charge is 2.23. The number of esters is 1. The number of carbonyl (C=O) groups excluding carboxylic acids is 1. The second-order valence-electron chi connectivity index (χ2n) is 3.80. The molecule has 6 nitrogen and oxygen atoms in total. The number of nitrogens with zero attached hydrogens (tertiary/aromatic N) is 2. The zero-order valence-corrected chi connectivity index (χ0v) is 11.1. The molecule has 0 aliphatic carbocycles. The van der Waals surface area contributed by atoms with Crippen LogP contribution in [0.25, 0.3) is 10.9 Å². The summed E-state index contributed by atoms with van der Waals surface area (Å²) in [5.41, 5.74) is -0.701. The van der Waals surface area contributed by atoms with Gasteiger partial charge in [0, 0.05) is 13.2 Å². The maximum Gasteiger partial charge on any atom is 0.347 e. The predicted octanol–water partition coefficient (Wildman–Crippen LogP) is 1.47. The smallest absolute Gasteiger partial charge is 0.347 e. The van der Waals surface area contributed by atoms with Crippen molar-refractivity contribution in [3.05, 3.63) is 33.3 Å². The number of ether oxygens (including phenoxy) is 1. The molecule has 19 heavy (non-hydrogen) atoms. The highest BCUT2D eigenvalue weighted by molar-refractivity contribution is 6.34. The Balaban J connectivity index is 2.91. The van der Waals surface area contributed by atoms with E-state index < -0.39 is 22.8 Å². The molecule has 0 aromatic carbocycles. The van der Waals surface area contributed by atoms with Crippen molar-refractivity contribution < 1.29 is 14.6 Å². The van der Waals surface area contributed by atoms with Gasteiger partial charge in [0.25, 0.3) is 5.56 Å². The number of hydrogen-bond donors (Lipinski definition) is 1. The van der Waals surface area contributed by atoms with E-state index in [1.54, 1.807) is 6.92 Å². The van der Waals surface area contributed by atoms with Crippen LogP contribution in [0.4, 0.5) is 0 Å².